The summed E-state index contributed by atoms with van der Waals surface area (Å²) in [6.45, 7) is 0. The van der Waals surface area contributed by atoms with E-state index in [4.69, 9.17) is 0 Å². The van der Waals surface area contributed by atoms with Gasteiger partial charge in [0.15, 0.2) is 0 Å². The van der Waals surface area contributed by atoms with E-state index in [1.54, 1.807) is 0 Å². The molecule has 0 aliphatic heterocycles. The maximum Gasteiger partial charge on any atom is 0.475 e. The van der Waals surface area contributed by atoms with E-state index in [1.807, 2.05) is 0 Å². The number of benzene rings is 2. The van der Waals surface area contributed by atoms with E-state index < -0.39 is 63.2 Å². The second kappa shape index (κ2) is 9.64. The van der Waals surface area contributed by atoms with Gasteiger partial charge in [0.25, 0.3) is 20.0 Å². The number of halogens is 10. The van der Waals surface area contributed by atoms with Gasteiger partial charge >= 0.3 is 21.9 Å². The monoisotopic (exact) mass is 685 g/mol. The lowest BCUT2D eigenvalue weighted by Gasteiger charge is -2.22. The zero-order valence-corrected chi connectivity index (χ0v) is 21.0. The Kier molecular flexibility index (Phi) is 8.13. The number of sulfonamides is 2. The molecule has 2 aromatic rings. The van der Waals surface area contributed by atoms with Crippen molar-refractivity contribution in [1.29, 1.82) is 0 Å². The smallest absolute Gasteiger partial charge is 0.427 e. The summed E-state index contributed by atoms with van der Waals surface area (Å²) in [5, 5.41) is 0. The molecule has 7 nitrogen and oxygen atoms in total. The van der Waals surface area contributed by atoms with Crippen molar-refractivity contribution >= 4 is 51.9 Å². The molecule has 0 aliphatic rings. The number of nitrogens with one attached hydrogen (secondary N) is 1. The molecule has 35 heavy (non-hydrogen) atoms. The second-order valence-corrected chi connectivity index (χ2v) is 11.9. The van der Waals surface area contributed by atoms with Gasteiger partial charge in [-0.25, -0.2) is 16.8 Å². The summed E-state index contributed by atoms with van der Waals surface area (Å²) < 4.78 is 162. The first kappa shape index (κ1) is 29.5. The van der Waals surface area contributed by atoms with Crippen LogP contribution in [0.1, 0.15) is 0 Å². The average molecular weight is 687 g/mol. The highest BCUT2D eigenvalue weighted by Crippen LogP contribution is 2.42. The minimum Gasteiger partial charge on any atom is -0.427 e. The Morgan fingerprint density at radius 2 is 0.829 bits per heavy atom. The lowest BCUT2D eigenvalue weighted by atomic mass is 10.3. The lowest BCUT2D eigenvalue weighted by Crippen LogP contribution is -2.40. The van der Waals surface area contributed by atoms with E-state index in [1.165, 1.54) is 36.0 Å². The number of hydrogen-bond donors (Lipinski definition) is 1. The fourth-order valence-corrected chi connectivity index (χ4v) is 5.10. The molecule has 0 fully saturated rings. The summed E-state index contributed by atoms with van der Waals surface area (Å²) in [6, 6.07) is 4.42. The highest BCUT2D eigenvalue weighted by molar-refractivity contribution is 9.10. The largest absolute Gasteiger partial charge is 0.475 e. The topological polar surface area (TPSA) is 98.8 Å². The Balaban J connectivity index is 2.20. The van der Waals surface area contributed by atoms with Crippen LogP contribution >= 0.6 is 31.9 Å². The van der Waals surface area contributed by atoms with Gasteiger partial charge < -0.3 is 9.47 Å². The van der Waals surface area contributed by atoms with Gasteiger partial charge in [-0.2, -0.15) is 35.1 Å². The highest BCUT2D eigenvalue weighted by Gasteiger charge is 2.58. The molecule has 0 unspecified atom stereocenters. The Morgan fingerprint density at radius 1 is 0.571 bits per heavy atom. The fourth-order valence-electron chi connectivity index (χ4n) is 2.03. The van der Waals surface area contributed by atoms with Gasteiger partial charge in [-0.3, -0.25) is 0 Å². The van der Waals surface area contributed by atoms with Gasteiger partial charge in [0.05, 0.1) is 9.79 Å². The van der Waals surface area contributed by atoms with Crippen molar-refractivity contribution in [2.24, 2.45) is 0 Å². The van der Waals surface area contributed by atoms with Gasteiger partial charge in [-0.05, 0) is 48.5 Å². The minimum absolute atomic E-state index is 0.541. The van der Waals surface area contributed by atoms with Crippen LogP contribution in [0.5, 0.6) is 11.5 Å². The summed E-state index contributed by atoms with van der Waals surface area (Å²) >= 11 is 2.85. The second-order valence-electron chi connectivity index (χ2n) is 6.27. The molecule has 196 valence electrons. The van der Waals surface area contributed by atoms with Crippen molar-refractivity contribution in [3.05, 3.63) is 48.5 Å². The minimum atomic E-state index is -5.01. The zero-order valence-electron chi connectivity index (χ0n) is 16.2. The Morgan fingerprint density at radius 3 is 1.06 bits per heavy atom. The first-order chi connectivity index (χ1) is 15.6. The van der Waals surface area contributed by atoms with Gasteiger partial charge in [-0.15, -0.1) is 4.13 Å². The van der Waals surface area contributed by atoms with Crippen molar-refractivity contribution in [3.8, 4) is 11.5 Å². The third kappa shape index (κ3) is 7.17. The number of ether oxygens (including phenoxy) is 2. The van der Waals surface area contributed by atoms with E-state index in [0.29, 0.717) is 48.5 Å². The molecule has 0 heterocycles. The Bertz CT molecular complexity index is 1160. The first-order valence-corrected chi connectivity index (χ1v) is 12.9. The van der Waals surface area contributed by atoms with Crippen LogP contribution in [0.4, 0.5) is 35.1 Å². The zero-order chi connectivity index (χ0) is 27.1. The Hall–Kier alpha value is -1.70. The van der Waals surface area contributed by atoms with E-state index in [9.17, 15) is 52.0 Å². The third-order valence-corrected chi connectivity index (χ3v) is 8.10. The first-order valence-electron chi connectivity index (χ1n) is 8.33. The predicted octanol–water partition coefficient (Wildman–Crippen LogP) is 5.27. The molecule has 0 saturated heterocycles. The van der Waals surface area contributed by atoms with Gasteiger partial charge in [-0.1, -0.05) is 0 Å². The molecular weight excluding hydrogens is 678 g/mol. The van der Waals surface area contributed by atoms with Crippen LogP contribution in [0.15, 0.2) is 58.3 Å². The van der Waals surface area contributed by atoms with Crippen LogP contribution in [-0.2, 0) is 20.0 Å². The summed E-state index contributed by atoms with van der Waals surface area (Å²) in [5.74, 6) is -1.78. The summed E-state index contributed by atoms with van der Waals surface area (Å²) in [7, 11) is -9.82. The van der Waals surface area contributed by atoms with E-state index in [-0.39, 0.29) is 0 Å². The van der Waals surface area contributed by atoms with Crippen LogP contribution in [-0.4, -0.2) is 38.7 Å². The van der Waals surface area contributed by atoms with Crippen LogP contribution in [0, 0.1) is 0 Å². The molecule has 0 amide bonds. The average Bonchev–Trinajstić information content (AvgIpc) is 2.65. The fraction of sp³-hybridized carbons (Fsp3) is 0.250. The van der Waals surface area contributed by atoms with Crippen molar-refractivity contribution in [2.75, 3.05) is 0 Å². The third-order valence-electron chi connectivity index (χ3n) is 3.64. The van der Waals surface area contributed by atoms with Crippen molar-refractivity contribution < 1.29 is 61.4 Å². The van der Waals surface area contributed by atoms with Gasteiger partial charge in [0.2, 0.25) is 0 Å². The van der Waals surface area contributed by atoms with Crippen molar-refractivity contribution in [1.82, 2.24) is 4.13 Å². The molecule has 0 bridgehead atoms. The summed E-state index contributed by atoms with van der Waals surface area (Å²) in [4.78, 5) is -11.2. The summed E-state index contributed by atoms with van der Waals surface area (Å²) in [5.41, 5.74) is 0. The lowest BCUT2D eigenvalue weighted by molar-refractivity contribution is -0.266. The quantitative estimate of drug-likeness (QED) is 0.270. The molecule has 0 atom stereocenters. The normalized spacial score (nSPS) is 14.0. The molecule has 2 rings (SSSR count). The van der Waals surface area contributed by atoms with Gasteiger partial charge in [0.1, 0.15) is 11.5 Å². The predicted molar refractivity (Wildman–Crippen MR) is 109 cm³/mol. The molecule has 1 N–H and O–H groups in total. The van der Waals surface area contributed by atoms with Gasteiger partial charge in [0, 0.05) is 31.9 Å². The SMILES string of the molecule is O=S(=O)(NS(=O)(=O)c1ccc(OC(F)(F)C(F)(F)Br)cc1)c1ccc(OC(F)(F)C(F)(F)Br)cc1. The molecule has 0 radical (unpaired) electrons. The van der Waals surface area contributed by atoms with Crippen molar-refractivity contribution in [2.45, 2.75) is 31.7 Å². The number of alkyl halides is 10. The van der Waals surface area contributed by atoms with Crippen LogP contribution in [0.3, 0.4) is 0 Å². The molecule has 0 saturated carbocycles. The maximum absolute atomic E-state index is 13.2. The number of rotatable bonds is 10. The molecule has 0 aliphatic carbocycles. The van der Waals surface area contributed by atoms with E-state index in [2.05, 4.69) is 9.47 Å². The van der Waals surface area contributed by atoms with Crippen LogP contribution in [0.2, 0.25) is 0 Å². The maximum atomic E-state index is 13.2. The standard InChI is InChI=1S/C16H9Br2F8NO6S2/c17-13(19,20)15(23,24)32-9-1-5-11(6-2-9)34(28,29)27-35(30,31)12-7-3-10(4-8-12)33-16(25,26)14(18,21)22/h1-8,27H. The molecule has 0 spiro atoms. The van der Waals surface area contributed by atoms with Crippen LogP contribution in [0.25, 0.3) is 0 Å². The Labute approximate surface area is 208 Å². The molecule has 0 aromatic heterocycles. The van der Waals surface area contributed by atoms with E-state index >= 15 is 0 Å². The molecule has 19 heteroatoms. The van der Waals surface area contributed by atoms with E-state index in [0.717, 1.165) is 0 Å². The number of hydrogen-bond acceptors (Lipinski definition) is 6. The van der Waals surface area contributed by atoms with Crippen molar-refractivity contribution in [3.63, 3.8) is 0 Å². The summed E-state index contributed by atoms with van der Waals surface area (Å²) in [6.07, 6.45) is -10.0. The highest BCUT2D eigenvalue weighted by atomic mass is 79.9. The van der Waals surface area contributed by atoms with Crippen LogP contribution < -0.4 is 13.6 Å². The molecule has 2 aromatic carbocycles. The molecular formula is C16H9Br2F8NO6S2.